The third-order valence-electron chi connectivity index (χ3n) is 8.28. The molecule has 3 aliphatic carbocycles. The molecule has 3 fully saturated rings. The molecule has 4 rings (SSSR count). The molecule has 2 N–H and O–H groups in total. The summed E-state index contributed by atoms with van der Waals surface area (Å²) in [4.78, 5) is 2.62. The molecule has 0 aromatic carbocycles. The van der Waals surface area contributed by atoms with Gasteiger partial charge >= 0.3 is 0 Å². The van der Waals surface area contributed by atoms with E-state index in [0.717, 1.165) is 19.3 Å². The van der Waals surface area contributed by atoms with Crippen molar-refractivity contribution in [3.63, 3.8) is 0 Å². The van der Waals surface area contributed by atoms with E-state index in [1.165, 1.54) is 83.8 Å². The number of unbranched alkanes of at least 4 members (excludes halogenated alkanes) is 2. The first-order valence-corrected chi connectivity index (χ1v) is 12.7. The summed E-state index contributed by atoms with van der Waals surface area (Å²) in [7, 11) is 0. The fourth-order valence-corrected chi connectivity index (χ4v) is 6.54. The predicted molar refractivity (Wildman–Crippen MR) is 120 cm³/mol. The van der Waals surface area contributed by atoms with Gasteiger partial charge in [-0.3, -0.25) is 0 Å². The van der Waals surface area contributed by atoms with Crippen LogP contribution in [0.2, 0.25) is 0 Å². The molecule has 1 heterocycles. The Balaban J connectivity index is 1.19. The van der Waals surface area contributed by atoms with E-state index in [2.05, 4.69) is 17.1 Å². The highest BCUT2D eigenvalue weighted by molar-refractivity contribution is 5.21. The monoisotopic (exact) mass is 401 g/mol. The molecule has 0 aromatic rings. The van der Waals surface area contributed by atoms with Gasteiger partial charge in [-0.2, -0.15) is 0 Å². The van der Waals surface area contributed by atoms with Crippen molar-refractivity contribution in [3.05, 3.63) is 23.8 Å². The van der Waals surface area contributed by atoms with E-state index < -0.39 is 0 Å². The lowest BCUT2D eigenvalue weighted by Gasteiger charge is -2.25. The van der Waals surface area contributed by atoms with Crippen LogP contribution in [-0.4, -0.2) is 47.0 Å². The van der Waals surface area contributed by atoms with Gasteiger partial charge in [0.05, 0.1) is 12.2 Å². The first-order valence-electron chi connectivity index (χ1n) is 12.7. The van der Waals surface area contributed by atoms with Crippen LogP contribution in [0.1, 0.15) is 83.5 Å². The van der Waals surface area contributed by atoms with Crippen LogP contribution in [0.3, 0.4) is 0 Å². The highest BCUT2D eigenvalue weighted by atomic mass is 16.3. The lowest BCUT2D eigenvalue weighted by atomic mass is 9.83. The van der Waals surface area contributed by atoms with Gasteiger partial charge in [0.15, 0.2) is 0 Å². The fourth-order valence-electron chi connectivity index (χ4n) is 6.54. The van der Waals surface area contributed by atoms with Crippen LogP contribution < -0.4 is 0 Å². The van der Waals surface area contributed by atoms with Gasteiger partial charge in [-0.25, -0.2) is 0 Å². The number of fused-ring (bicyclic) bond motifs is 1. The first kappa shape index (κ1) is 21.6. The number of aliphatic hydroxyl groups excluding tert-OH is 2. The maximum atomic E-state index is 10.6. The van der Waals surface area contributed by atoms with E-state index in [4.69, 9.17) is 0 Å². The molecule has 4 aliphatic rings. The molecule has 0 spiro atoms. The summed E-state index contributed by atoms with van der Waals surface area (Å²) in [6.45, 7) is 3.94. The van der Waals surface area contributed by atoms with Crippen molar-refractivity contribution in [1.29, 1.82) is 0 Å². The molecule has 0 aromatic heterocycles. The summed E-state index contributed by atoms with van der Waals surface area (Å²) in [5.74, 6) is 1.81. The number of nitrogens with zero attached hydrogens (tertiary/aromatic N) is 1. The molecule has 1 saturated heterocycles. The molecule has 1 aliphatic heterocycles. The normalized spacial score (nSPS) is 34.8. The zero-order chi connectivity index (χ0) is 20.1. The van der Waals surface area contributed by atoms with Gasteiger partial charge in [0.1, 0.15) is 0 Å². The summed E-state index contributed by atoms with van der Waals surface area (Å²) in [6, 6.07) is 0. The highest BCUT2D eigenvalue weighted by Gasteiger charge is 2.43. The lowest BCUT2D eigenvalue weighted by Crippen LogP contribution is -2.22. The number of allylic oxidation sites excluding steroid dienone is 2. The summed E-state index contributed by atoms with van der Waals surface area (Å²) < 4.78 is 0. The van der Waals surface area contributed by atoms with Crippen molar-refractivity contribution >= 4 is 0 Å². The van der Waals surface area contributed by atoms with Crippen LogP contribution in [0.15, 0.2) is 23.8 Å². The van der Waals surface area contributed by atoms with E-state index in [1.54, 1.807) is 5.57 Å². The van der Waals surface area contributed by atoms with Crippen LogP contribution in [0.25, 0.3) is 0 Å². The molecule has 3 heteroatoms. The maximum absolute atomic E-state index is 10.6. The quantitative estimate of drug-likeness (QED) is 0.418. The molecule has 29 heavy (non-hydrogen) atoms. The van der Waals surface area contributed by atoms with Crippen LogP contribution >= 0.6 is 0 Å². The van der Waals surface area contributed by atoms with Crippen molar-refractivity contribution in [1.82, 2.24) is 4.90 Å². The minimum atomic E-state index is -0.314. The second-order valence-corrected chi connectivity index (χ2v) is 10.4. The van der Waals surface area contributed by atoms with Crippen molar-refractivity contribution in [2.24, 2.45) is 23.7 Å². The fraction of sp³-hybridized carbons (Fsp3) is 0.846. The predicted octanol–water partition coefficient (Wildman–Crippen LogP) is 5.08. The van der Waals surface area contributed by atoms with E-state index in [0.29, 0.717) is 17.8 Å². The second kappa shape index (κ2) is 10.6. The van der Waals surface area contributed by atoms with Crippen molar-refractivity contribution in [2.45, 2.75) is 95.7 Å². The minimum absolute atomic E-state index is 0.224. The molecule has 5 atom stereocenters. The van der Waals surface area contributed by atoms with Crippen LogP contribution in [-0.2, 0) is 0 Å². The number of rotatable bonds is 9. The van der Waals surface area contributed by atoms with Gasteiger partial charge in [-0.05, 0) is 95.2 Å². The van der Waals surface area contributed by atoms with Crippen molar-refractivity contribution in [3.8, 4) is 0 Å². The standard InChI is InChI=1S/C26H43NO2/c28-25(21-10-4-1-5-11-21)13-12-23-24-18-20(17-22(24)19-26(23)29)9-3-2-6-14-27-15-7-8-16-27/h12-13,17,21-26,28-29H,1-11,14-16,18-19H2/t22-,23+,24-,25+,26+/m0/s1. The lowest BCUT2D eigenvalue weighted by molar-refractivity contribution is 0.120. The van der Waals surface area contributed by atoms with Gasteiger partial charge in [0.25, 0.3) is 0 Å². The van der Waals surface area contributed by atoms with E-state index in [1.807, 2.05) is 6.08 Å². The van der Waals surface area contributed by atoms with Crippen LogP contribution in [0, 0.1) is 23.7 Å². The molecule has 0 unspecified atom stereocenters. The number of hydrogen-bond acceptors (Lipinski definition) is 3. The van der Waals surface area contributed by atoms with Gasteiger partial charge in [-0.15, -0.1) is 0 Å². The third kappa shape index (κ3) is 5.74. The largest absolute Gasteiger partial charge is 0.392 e. The molecule has 0 bridgehead atoms. The average molecular weight is 402 g/mol. The molecular weight excluding hydrogens is 358 g/mol. The Hall–Kier alpha value is -0.640. The zero-order valence-corrected chi connectivity index (χ0v) is 18.4. The highest BCUT2D eigenvalue weighted by Crippen LogP contribution is 2.48. The number of aliphatic hydroxyl groups is 2. The Labute approximate surface area is 178 Å². The summed E-state index contributed by atoms with van der Waals surface area (Å²) in [5, 5.41) is 21.2. The molecule has 2 saturated carbocycles. The molecule has 0 radical (unpaired) electrons. The third-order valence-corrected chi connectivity index (χ3v) is 8.28. The van der Waals surface area contributed by atoms with E-state index in [9.17, 15) is 10.2 Å². The Morgan fingerprint density at radius 1 is 1.03 bits per heavy atom. The summed E-state index contributed by atoms with van der Waals surface area (Å²) in [5.41, 5.74) is 1.64. The van der Waals surface area contributed by atoms with Gasteiger partial charge in [0.2, 0.25) is 0 Å². The van der Waals surface area contributed by atoms with Crippen molar-refractivity contribution < 1.29 is 10.2 Å². The summed E-state index contributed by atoms with van der Waals surface area (Å²) in [6.07, 6.45) is 22.5. The SMILES string of the molecule is O[C@H](C=C[C@@H]1[C@H]2CC(CCCCCN3CCCC3)=C[C@H]2C[C@H]1O)C1CCCCC1. The van der Waals surface area contributed by atoms with Gasteiger partial charge in [-0.1, -0.05) is 49.5 Å². The number of likely N-dealkylation sites (tertiary alicyclic amines) is 1. The molecular formula is C26H43NO2. The maximum Gasteiger partial charge on any atom is 0.0749 e. The topological polar surface area (TPSA) is 43.7 Å². The Morgan fingerprint density at radius 3 is 2.62 bits per heavy atom. The van der Waals surface area contributed by atoms with Gasteiger partial charge in [0, 0.05) is 5.92 Å². The Bertz CT molecular complexity index is 559. The summed E-state index contributed by atoms with van der Waals surface area (Å²) >= 11 is 0. The van der Waals surface area contributed by atoms with E-state index in [-0.39, 0.29) is 18.1 Å². The van der Waals surface area contributed by atoms with Crippen LogP contribution in [0.4, 0.5) is 0 Å². The average Bonchev–Trinajstić information content (AvgIpc) is 3.44. The second-order valence-electron chi connectivity index (χ2n) is 10.4. The van der Waals surface area contributed by atoms with Crippen LogP contribution in [0.5, 0.6) is 0 Å². The zero-order valence-electron chi connectivity index (χ0n) is 18.4. The van der Waals surface area contributed by atoms with E-state index >= 15 is 0 Å². The first-order chi connectivity index (χ1) is 14.2. The van der Waals surface area contributed by atoms with Crippen molar-refractivity contribution in [2.75, 3.05) is 19.6 Å². The molecule has 3 nitrogen and oxygen atoms in total. The number of hydrogen-bond donors (Lipinski definition) is 2. The minimum Gasteiger partial charge on any atom is -0.392 e. The van der Waals surface area contributed by atoms with Gasteiger partial charge < -0.3 is 15.1 Å². The smallest absolute Gasteiger partial charge is 0.0749 e. The molecule has 0 amide bonds. The molecule has 164 valence electrons. The Morgan fingerprint density at radius 2 is 1.83 bits per heavy atom. The Kier molecular flexibility index (Phi) is 7.89.